The zero-order chi connectivity index (χ0) is 12.6. The van der Waals surface area contributed by atoms with Gasteiger partial charge >= 0.3 is 0 Å². The van der Waals surface area contributed by atoms with E-state index in [0.29, 0.717) is 4.47 Å². The van der Waals surface area contributed by atoms with Gasteiger partial charge < -0.3 is 4.90 Å². The Labute approximate surface area is 111 Å². The van der Waals surface area contributed by atoms with E-state index in [0.717, 1.165) is 25.9 Å². The summed E-state index contributed by atoms with van der Waals surface area (Å²) in [5.74, 6) is -0.145. The Kier molecular flexibility index (Phi) is 3.48. The number of hydrogen-bond donors (Lipinski definition) is 0. The second-order valence-corrected chi connectivity index (χ2v) is 5.64. The second kappa shape index (κ2) is 4.60. The zero-order valence-corrected chi connectivity index (χ0v) is 12.3. The van der Waals surface area contributed by atoms with Gasteiger partial charge in [-0.1, -0.05) is 13.8 Å². The minimum Gasteiger partial charge on any atom is -0.371 e. The minimum absolute atomic E-state index is 0.132. The second-order valence-electron chi connectivity index (χ2n) is 4.79. The Hall–Kier alpha value is -0.570. The summed E-state index contributed by atoms with van der Waals surface area (Å²) in [6.07, 6.45) is 2.13. The molecular weight excluding hydrogens is 281 g/mol. The smallest absolute Gasteiger partial charge is 0.137 e. The Balaban J connectivity index is 2.60. The first-order valence-corrected chi connectivity index (χ1v) is 7.11. The molecule has 3 heteroatoms. The topological polar surface area (TPSA) is 3.24 Å². The fraction of sp³-hybridized carbons (Fsp3) is 0.571. The Morgan fingerprint density at radius 2 is 1.94 bits per heavy atom. The monoisotopic (exact) mass is 299 g/mol. The van der Waals surface area contributed by atoms with E-state index in [2.05, 4.69) is 41.6 Å². The summed E-state index contributed by atoms with van der Waals surface area (Å²) < 4.78 is 14.3. The van der Waals surface area contributed by atoms with Crippen LogP contribution in [0.1, 0.15) is 39.2 Å². The molecule has 0 spiro atoms. The molecule has 17 heavy (non-hydrogen) atoms. The molecule has 1 aromatic rings. The molecule has 0 N–H and O–H groups in total. The summed E-state index contributed by atoms with van der Waals surface area (Å²) in [6, 6.07) is 3.66. The highest BCUT2D eigenvalue weighted by Crippen LogP contribution is 2.46. The number of anilines is 1. The van der Waals surface area contributed by atoms with E-state index in [1.54, 1.807) is 6.07 Å². The molecule has 0 aliphatic carbocycles. The van der Waals surface area contributed by atoms with Crippen molar-refractivity contribution in [2.45, 2.75) is 39.0 Å². The first-order chi connectivity index (χ1) is 8.07. The molecule has 0 amide bonds. The summed E-state index contributed by atoms with van der Waals surface area (Å²) in [5, 5.41) is 0. The van der Waals surface area contributed by atoms with Crippen molar-refractivity contribution in [1.29, 1.82) is 0 Å². The van der Waals surface area contributed by atoms with Gasteiger partial charge in [0.2, 0.25) is 0 Å². The molecule has 0 aromatic heterocycles. The molecule has 1 heterocycles. The average Bonchev–Trinajstić information content (AvgIpc) is 2.64. The predicted molar refractivity (Wildman–Crippen MR) is 74.2 cm³/mol. The van der Waals surface area contributed by atoms with Crippen LogP contribution in [0.2, 0.25) is 0 Å². The Morgan fingerprint density at radius 1 is 1.29 bits per heavy atom. The highest BCUT2D eigenvalue weighted by molar-refractivity contribution is 9.10. The number of rotatable bonds is 3. The Morgan fingerprint density at radius 3 is 2.47 bits per heavy atom. The van der Waals surface area contributed by atoms with E-state index < -0.39 is 0 Å². The maximum atomic E-state index is 13.8. The average molecular weight is 300 g/mol. The van der Waals surface area contributed by atoms with Crippen molar-refractivity contribution in [3.8, 4) is 0 Å². The van der Waals surface area contributed by atoms with Crippen molar-refractivity contribution in [2.75, 3.05) is 18.0 Å². The quantitative estimate of drug-likeness (QED) is 0.795. The molecule has 1 aliphatic rings. The number of benzene rings is 1. The molecule has 94 valence electrons. The van der Waals surface area contributed by atoms with Crippen LogP contribution in [0, 0.1) is 5.82 Å². The standard InChI is InChI=1S/C14H19BrFN/c1-4-14(5-2)9-17(6-3)13-8-11(15)12(16)7-10(13)14/h7-8H,4-6,9H2,1-3H3. The molecule has 2 rings (SSSR count). The summed E-state index contributed by atoms with van der Waals surface area (Å²) in [7, 11) is 0. The lowest BCUT2D eigenvalue weighted by Gasteiger charge is -2.27. The highest BCUT2D eigenvalue weighted by atomic mass is 79.9. The summed E-state index contributed by atoms with van der Waals surface area (Å²) >= 11 is 3.29. The molecule has 0 bridgehead atoms. The van der Waals surface area contributed by atoms with Gasteiger partial charge in [0, 0.05) is 24.2 Å². The van der Waals surface area contributed by atoms with E-state index in [4.69, 9.17) is 0 Å². The molecule has 1 aromatic carbocycles. The fourth-order valence-corrected chi connectivity index (χ4v) is 3.23. The third-order valence-electron chi connectivity index (χ3n) is 4.18. The third kappa shape index (κ3) is 1.88. The predicted octanol–water partition coefficient (Wildman–Crippen LogP) is 4.49. The third-order valence-corrected chi connectivity index (χ3v) is 4.79. The summed E-state index contributed by atoms with van der Waals surface area (Å²) in [6.45, 7) is 8.55. The fourth-order valence-electron chi connectivity index (χ4n) is 2.90. The molecule has 0 fully saturated rings. The van der Waals surface area contributed by atoms with Gasteiger partial charge in [0.05, 0.1) is 4.47 Å². The number of likely N-dealkylation sites (N-methyl/N-ethyl adjacent to an activating group) is 1. The van der Waals surface area contributed by atoms with Crippen molar-refractivity contribution < 1.29 is 4.39 Å². The minimum atomic E-state index is -0.145. The van der Waals surface area contributed by atoms with Crippen molar-refractivity contribution in [1.82, 2.24) is 0 Å². The maximum absolute atomic E-state index is 13.8. The largest absolute Gasteiger partial charge is 0.371 e. The zero-order valence-electron chi connectivity index (χ0n) is 10.7. The van der Waals surface area contributed by atoms with Gasteiger partial charge in [0.15, 0.2) is 0 Å². The number of fused-ring (bicyclic) bond motifs is 1. The molecule has 0 atom stereocenters. The van der Waals surface area contributed by atoms with Crippen LogP contribution in [-0.4, -0.2) is 13.1 Å². The SMILES string of the molecule is CCN1CC(CC)(CC)c2cc(F)c(Br)cc21. The maximum Gasteiger partial charge on any atom is 0.137 e. The Bertz CT molecular complexity index is 426. The number of nitrogens with zero attached hydrogens (tertiary/aromatic N) is 1. The molecular formula is C14H19BrFN. The summed E-state index contributed by atoms with van der Waals surface area (Å²) in [5.41, 5.74) is 2.52. The van der Waals surface area contributed by atoms with Crippen LogP contribution in [0.15, 0.2) is 16.6 Å². The van der Waals surface area contributed by atoms with Crippen LogP contribution in [0.3, 0.4) is 0 Å². The van der Waals surface area contributed by atoms with Gasteiger partial charge in [-0.3, -0.25) is 0 Å². The van der Waals surface area contributed by atoms with E-state index >= 15 is 0 Å². The van der Waals surface area contributed by atoms with Crippen LogP contribution in [0.25, 0.3) is 0 Å². The van der Waals surface area contributed by atoms with Gasteiger partial charge in [0.1, 0.15) is 5.82 Å². The van der Waals surface area contributed by atoms with Crippen molar-refractivity contribution in [3.05, 3.63) is 28.0 Å². The highest BCUT2D eigenvalue weighted by Gasteiger charge is 2.40. The molecule has 0 radical (unpaired) electrons. The number of halogens is 2. The van der Waals surface area contributed by atoms with Gasteiger partial charge in [-0.25, -0.2) is 4.39 Å². The van der Waals surface area contributed by atoms with Crippen molar-refractivity contribution in [3.63, 3.8) is 0 Å². The van der Waals surface area contributed by atoms with Crippen LogP contribution >= 0.6 is 15.9 Å². The van der Waals surface area contributed by atoms with Gasteiger partial charge in [-0.2, -0.15) is 0 Å². The van der Waals surface area contributed by atoms with E-state index in [9.17, 15) is 4.39 Å². The molecule has 0 saturated carbocycles. The van der Waals surface area contributed by atoms with Crippen LogP contribution in [0.5, 0.6) is 0 Å². The molecule has 0 unspecified atom stereocenters. The molecule has 1 nitrogen and oxygen atoms in total. The van der Waals surface area contributed by atoms with Crippen molar-refractivity contribution in [2.24, 2.45) is 0 Å². The van der Waals surface area contributed by atoms with Crippen LogP contribution < -0.4 is 4.90 Å². The van der Waals surface area contributed by atoms with Crippen LogP contribution in [0.4, 0.5) is 10.1 Å². The molecule has 0 saturated heterocycles. The normalized spacial score (nSPS) is 17.4. The first kappa shape index (κ1) is 12.9. The molecule has 1 aliphatic heterocycles. The lowest BCUT2D eigenvalue weighted by atomic mass is 9.77. The lowest BCUT2D eigenvalue weighted by Crippen LogP contribution is -2.32. The van der Waals surface area contributed by atoms with E-state index in [1.165, 1.54) is 11.3 Å². The summed E-state index contributed by atoms with van der Waals surface area (Å²) in [4.78, 5) is 2.35. The first-order valence-electron chi connectivity index (χ1n) is 6.32. The lowest BCUT2D eigenvalue weighted by molar-refractivity contribution is 0.419. The van der Waals surface area contributed by atoms with Crippen molar-refractivity contribution >= 4 is 21.6 Å². The number of hydrogen-bond acceptors (Lipinski definition) is 1. The van der Waals surface area contributed by atoms with E-state index in [-0.39, 0.29) is 11.2 Å². The van der Waals surface area contributed by atoms with Gasteiger partial charge in [0.25, 0.3) is 0 Å². The van der Waals surface area contributed by atoms with E-state index in [1.807, 2.05) is 6.07 Å². The van der Waals surface area contributed by atoms with Gasteiger partial charge in [-0.15, -0.1) is 0 Å². The van der Waals surface area contributed by atoms with Gasteiger partial charge in [-0.05, 0) is 53.4 Å². The van der Waals surface area contributed by atoms with Crippen LogP contribution in [-0.2, 0) is 5.41 Å².